The first-order valence-corrected chi connectivity index (χ1v) is 6.85. The second-order valence-electron chi connectivity index (χ2n) is 4.63. The lowest BCUT2D eigenvalue weighted by atomic mass is 10.1. The van der Waals surface area contributed by atoms with Gasteiger partial charge in [-0.3, -0.25) is 0 Å². The van der Waals surface area contributed by atoms with E-state index in [1.807, 2.05) is 25.1 Å². The number of nitrogens with one attached hydrogen (secondary N) is 1. The summed E-state index contributed by atoms with van der Waals surface area (Å²) in [6.45, 7) is 3.07. The minimum atomic E-state index is -0.395. The fraction of sp³-hybridized carbons (Fsp3) is 0.462. The van der Waals surface area contributed by atoms with Crippen LogP contribution in [-0.2, 0) is 0 Å². The van der Waals surface area contributed by atoms with Gasteiger partial charge in [-0.2, -0.15) is 0 Å². The summed E-state index contributed by atoms with van der Waals surface area (Å²) >= 11 is 3.39. The minimum Gasteiger partial charge on any atom is -0.391 e. The average molecular weight is 313 g/mol. The molecule has 0 aromatic heterocycles. The van der Waals surface area contributed by atoms with Crippen LogP contribution in [0.3, 0.4) is 0 Å². The summed E-state index contributed by atoms with van der Waals surface area (Å²) in [5.41, 5.74) is 1.82. The molecule has 1 aliphatic heterocycles. The molecular formula is C13H17BrN2O2. The van der Waals surface area contributed by atoms with E-state index in [1.54, 1.807) is 4.90 Å². The van der Waals surface area contributed by atoms with Crippen molar-refractivity contribution in [1.29, 1.82) is 0 Å². The maximum absolute atomic E-state index is 12.1. The summed E-state index contributed by atoms with van der Waals surface area (Å²) in [5, 5.41) is 12.5. The highest BCUT2D eigenvalue weighted by molar-refractivity contribution is 9.10. The number of aliphatic hydroxyl groups excluding tert-OH is 1. The summed E-state index contributed by atoms with van der Waals surface area (Å²) in [6.07, 6.45) is 1.24. The van der Waals surface area contributed by atoms with Crippen molar-refractivity contribution in [3.63, 3.8) is 0 Å². The number of amides is 2. The standard InChI is InChI=1S/C13H17BrN2O2/c1-9-4-5-10(14)7-12(9)15-13(18)16-6-2-3-11(17)8-16/h4-5,7,11,17H,2-3,6,8H2,1H3,(H,15,18). The minimum absolute atomic E-state index is 0.144. The van der Waals surface area contributed by atoms with Crippen molar-refractivity contribution >= 4 is 27.6 Å². The third-order valence-electron chi connectivity index (χ3n) is 3.12. The topological polar surface area (TPSA) is 52.6 Å². The molecule has 1 heterocycles. The summed E-state index contributed by atoms with van der Waals surface area (Å²) in [7, 11) is 0. The zero-order valence-corrected chi connectivity index (χ0v) is 11.9. The van der Waals surface area contributed by atoms with Gasteiger partial charge in [0.25, 0.3) is 0 Å². The normalized spacial score (nSPS) is 19.7. The Bertz CT molecular complexity index is 451. The highest BCUT2D eigenvalue weighted by atomic mass is 79.9. The van der Waals surface area contributed by atoms with Gasteiger partial charge in [0.2, 0.25) is 0 Å². The molecule has 0 saturated carbocycles. The maximum Gasteiger partial charge on any atom is 0.321 e. The Kier molecular flexibility index (Phi) is 4.24. The number of carbonyl (C=O) groups excluding carboxylic acids is 1. The molecule has 1 aromatic carbocycles. The van der Waals surface area contributed by atoms with E-state index >= 15 is 0 Å². The van der Waals surface area contributed by atoms with Gasteiger partial charge < -0.3 is 15.3 Å². The molecule has 2 amide bonds. The Morgan fingerprint density at radius 2 is 2.33 bits per heavy atom. The Morgan fingerprint density at radius 3 is 3.06 bits per heavy atom. The number of anilines is 1. The van der Waals surface area contributed by atoms with Crippen LogP contribution in [0.15, 0.2) is 22.7 Å². The van der Waals surface area contributed by atoms with E-state index in [4.69, 9.17) is 0 Å². The van der Waals surface area contributed by atoms with E-state index < -0.39 is 6.10 Å². The molecule has 4 nitrogen and oxygen atoms in total. The van der Waals surface area contributed by atoms with E-state index in [2.05, 4.69) is 21.2 Å². The van der Waals surface area contributed by atoms with Crippen LogP contribution in [0.25, 0.3) is 0 Å². The van der Waals surface area contributed by atoms with Crippen molar-refractivity contribution in [3.8, 4) is 0 Å². The first kappa shape index (κ1) is 13.4. The van der Waals surface area contributed by atoms with Gasteiger partial charge in [-0.15, -0.1) is 0 Å². The van der Waals surface area contributed by atoms with Crippen molar-refractivity contribution in [1.82, 2.24) is 4.90 Å². The molecule has 1 saturated heterocycles. The number of hydrogen-bond donors (Lipinski definition) is 2. The van der Waals surface area contributed by atoms with Crippen LogP contribution in [0.1, 0.15) is 18.4 Å². The molecule has 1 aromatic rings. The zero-order chi connectivity index (χ0) is 13.1. The van der Waals surface area contributed by atoms with Crippen LogP contribution >= 0.6 is 15.9 Å². The van der Waals surface area contributed by atoms with E-state index in [0.29, 0.717) is 13.1 Å². The van der Waals surface area contributed by atoms with E-state index in [1.165, 1.54) is 0 Å². The van der Waals surface area contributed by atoms with Crippen LogP contribution in [-0.4, -0.2) is 35.2 Å². The monoisotopic (exact) mass is 312 g/mol. The number of β-amino-alcohol motifs (C(OH)–C–C–N with tert-alkyl or cyclic N) is 1. The van der Waals surface area contributed by atoms with E-state index in [0.717, 1.165) is 28.6 Å². The fourth-order valence-electron chi connectivity index (χ4n) is 2.06. The van der Waals surface area contributed by atoms with Crippen molar-refractivity contribution in [3.05, 3.63) is 28.2 Å². The summed E-state index contributed by atoms with van der Waals surface area (Å²) < 4.78 is 0.932. The number of carbonyl (C=O) groups is 1. The Morgan fingerprint density at radius 1 is 1.56 bits per heavy atom. The van der Waals surface area contributed by atoms with Crippen molar-refractivity contribution in [2.45, 2.75) is 25.9 Å². The molecule has 0 bridgehead atoms. The molecule has 1 fully saturated rings. The van der Waals surface area contributed by atoms with Gasteiger partial charge in [-0.1, -0.05) is 22.0 Å². The predicted octanol–water partition coefficient (Wildman–Crippen LogP) is 2.75. The van der Waals surface area contributed by atoms with Crippen LogP contribution in [0, 0.1) is 6.92 Å². The van der Waals surface area contributed by atoms with Gasteiger partial charge in [0.15, 0.2) is 0 Å². The molecule has 1 unspecified atom stereocenters. The fourth-order valence-corrected chi connectivity index (χ4v) is 2.42. The maximum atomic E-state index is 12.1. The molecule has 0 aliphatic carbocycles. The number of likely N-dealkylation sites (tertiary alicyclic amines) is 1. The van der Waals surface area contributed by atoms with Crippen LogP contribution in [0.2, 0.25) is 0 Å². The van der Waals surface area contributed by atoms with Crippen LogP contribution in [0.4, 0.5) is 10.5 Å². The molecule has 0 radical (unpaired) electrons. The van der Waals surface area contributed by atoms with Gasteiger partial charge in [0, 0.05) is 23.2 Å². The SMILES string of the molecule is Cc1ccc(Br)cc1NC(=O)N1CCCC(O)C1. The number of urea groups is 1. The summed E-state index contributed by atoms with van der Waals surface area (Å²) in [5.74, 6) is 0. The molecule has 18 heavy (non-hydrogen) atoms. The zero-order valence-electron chi connectivity index (χ0n) is 10.3. The summed E-state index contributed by atoms with van der Waals surface area (Å²) in [4.78, 5) is 13.7. The van der Waals surface area contributed by atoms with Crippen molar-refractivity contribution in [2.24, 2.45) is 0 Å². The number of aliphatic hydroxyl groups is 1. The number of hydrogen-bond acceptors (Lipinski definition) is 2. The number of rotatable bonds is 1. The van der Waals surface area contributed by atoms with E-state index in [9.17, 15) is 9.90 Å². The van der Waals surface area contributed by atoms with Gasteiger partial charge in [-0.25, -0.2) is 4.79 Å². The van der Waals surface area contributed by atoms with Gasteiger partial charge in [-0.05, 0) is 37.5 Å². The number of benzene rings is 1. The molecule has 5 heteroatoms. The quantitative estimate of drug-likeness (QED) is 0.837. The molecule has 0 spiro atoms. The second kappa shape index (κ2) is 5.71. The van der Waals surface area contributed by atoms with Crippen molar-refractivity contribution in [2.75, 3.05) is 18.4 Å². The number of nitrogens with zero attached hydrogens (tertiary/aromatic N) is 1. The first-order chi connectivity index (χ1) is 8.56. The Balaban J connectivity index is 2.04. The smallest absolute Gasteiger partial charge is 0.321 e. The first-order valence-electron chi connectivity index (χ1n) is 6.06. The van der Waals surface area contributed by atoms with Crippen molar-refractivity contribution < 1.29 is 9.90 Å². The largest absolute Gasteiger partial charge is 0.391 e. The van der Waals surface area contributed by atoms with Crippen LogP contribution < -0.4 is 5.32 Å². The molecule has 1 aliphatic rings. The molecule has 98 valence electrons. The average Bonchev–Trinajstić information content (AvgIpc) is 2.34. The number of piperidine rings is 1. The third kappa shape index (κ3) is 3.23. The molecule has 2 rings (SSSR count). The Labute approximate surface area is 115 Å². The lowest BCUT2D eigenvalue weighted by Gasteiger charge is -2.30. The highest BCUT2D eigenvalue weighted by Crippen LogP contribution is 2.21. The second-order valence-corrected chi connectivity index (χ2v) is 5.55. The molecule has 1 atom stereocenters. The highest BCUT2D eigenvalue weighted by Gasteiger charge is 2.22. The van der Waals surface area contributed by atoms with Crippen LogP contribution in [0.5, 0.6) is 0 Å². The van der Waals surface area contributed by atoms with Gasteiger partial charge in [0.05, 0.1) is 6.10 Å². The molecule has 2 N–H and O–H groups in total. The molecular weight excluding hydrogens is 296 g/mol. The Hall–Kier alpha value is -1.07. The van der Waals surface area contributed by atoms with Gasteiger partial charge >= 0.3 is 6.03 Å². The number of halogens is 1. The van der Waals surface area contributed by atoms with E-state index in [-0.39, 0.29) is 6.03 Å². The summed E-state index contributed by atoms with van der Waals surface area (Å²) in [6, 6.07) is 5.63. The predicted molar refractivity (Wildman–Crippen MR) is 74.7 cm³/mol. The number of aryl methyl sites for hydroxylation is 1. The lowest BCUT2D eigenvalue weighted by molar-refractivity contribution is 0.0883. The third-order valence-corrected chi connectivity index (χ3v) is 3.62. The lowest BCUT2D eigenvalue weighted by Crippen LogP contribution is -2.44. The van der Waals surface area contributed by atoms with Gasteiger partial charge in [0.1, 0.15) is 0 Å².